The molecule has 0 aliphatic carbocycles. The number of sulfonamides is 1. The maximum atomic E-state index is 11.8. The third kappa shape index (κ3) is 2.69. The van der Waals surface area contributed by atoms with Gasteiger partial charge in [-0.15, -0.1) is 0 Å². The van der Waals surface area contributed by atoms with Crippen LogP contribution >= 0.6 is 0 Å². The molecule has 0 spiro atoms. The van der Waals surface area contributed by atoms with E-state index in [2.05, 4.69) is 5.32 Å². The van der Waals surface area contributed by atoms with Crippen LogP contribution in [0.2, 0.25) is 0 Å². The highest BCUT2D eigenvalue weighted by atomic mass is 32.2. The first-order valence-corrected chi connectivity index (χ1v) is 6.85. The van der Waals surface area contributed by atoms with Gasteiger partial charge in [0.1, 0.15) is 6.04 Å². The smallest absolute Gasteiger partial charge is 0.238 e. The van der Waals surface area contributed by atoms with E-state index in [0.717, 1.165) is 6.42 Å². The molecule has 15 heavy (non-hydrogen) atoms. The first-order chi connectivity index (χ1) is 7.03. The number of nitrogens with zero attached hydrogens (tertiary/aromatic N) is 1. The van der Waals surface area contributed by atoms with Crippen molar-refractivity contribution in [2.45, 2.75) is 32.2 Å². The lowest BCUT2D eigenvalue weighted by atomic mass is 10.2. The van der Waals surface area contributed by atoms with Gasteiger partial charge in [0.15, 0.2) is 0 Å². The van der Waals surface area contributed by atoms with Gasteiger partial charge >= 0.3 is 0 Å². The van der Waals surface area contributed by atoms with E-state index < -0.39 is 16.1 Å². The summed E-state index contributed by atoms with van der Waals surface area (Å²) in [6, 6.07) is -0.494. The van der Waals surface area contributed by atoms with Crippen molar-refractivity contribution in [2.24, 2.45) is 0 Å². The Hall–Kier alpha value is -0.620. The van der Waals surface area contributed by atoms with Crippen molar-refractivity contribution < 1.29 is 13.2 Å². The summed E-state index contributed by atoms with van der Waals surface area (Å²) >= 11 is 0. The van der Waals surface area contributed by atoms with Crippen LogP contribution in [0, 0.1) is 0 Å². The fraction of sp³-hybridized carbons (Fsp3) is 0.889. The molecule has 1 heterocycles. The number of hydrogen-bond acceptors (Lipinski definition) is 3. The van der Waals surface area contributed by atoms with E-state index in [1.165, 1.54) is 11.4 Å². The molecule has 6 heteroatoms. The summed E-state index contributed by atoms with van der Waals surface area (Å²) in [5, 5.41) is 2.51. The molecule has 0 aromatic rings. The van der Waals surface area contributed by atoms with Crippen molar-refractivity contribution in [1.29, 1.82) is 0 Å². The highest BCUT2D eigenvalue weighted by molar-refractivity contribution is 7.89. The van der Waals surface area contributed by atoms with Crippen LogP contribution < -0.4 is 5.32 Å². The molecule has 0 aromatic heterocycles. The molecular weight excluding hydrogens is 216 g/mol. The highest BCUT2D eigenvalue weighted by Crippen LogP contribution is 2.21. The Balaban J connectivity index is 2.81. The molecule has 1 amide bonds. The fourth-order valence-electron chi connectivity index (χ4n) is 1.88. The average molecular weight is 234 g/mol. The number of likely N-dealkylation sites (N-methyl/N-ethyl adjacent to an activating group) is 1. The molecule has 1 N–H and O–H groups in total. The minimum absolute atomic E-state index is 0.125. The monoisotopic (exact) mass is 234 g/mol. The van der Waals surface area contributed by atoms with E-state index in [1.807, 2.05) is 6.92 Å². The molecule has 1 atom stereocenters. The number of amides is 1. The molecule has 1 aliphatic heterocycles. The van der Waals surface area contributed by atoms with Gasteiger partial charge in [0.2, 0.25) is 15.9 Å². The van der Waals surface area contributed by atoms with E-state index in [-0.39, 0.29) is 11.7 Å². The predicted molar refractivity (Wildman–Crippen MR) is 57.9 cm³/mol. The molecule has 0 bridgehead atoms. The standard InChI is InChI=1S/C9H18N2O3S/c1-3-7-15(13,14)11-6-4-5-8(11)9(12)10-2/h8H,3-7H2,1-2H3,(H,10,12). The summed E-state index contributed by atoms with van der Waals surface area (Å²) < 4.78 is 25.0. The summed E-state index contributed by atoms with van der Waals surface area (Å²) in [5.74, 6) is -0.0762. The van der Waals surface area contributed by atoms with Gasteiger partial charge in [0.25, 0.3) is 0 Å². The van der Waals surface area contributed by atoms with Gasteiger partial charge in [-0.05, 0) is 19.3 Å². The summed E-state index contributed by atoms with van der Waals surface area (Å²) in [4.78, 5) is 11.5. The van der Waals surface area contributed by atoms with Gasteiger partial charge in [0, 0.05) is 13.6 Å². The quantitative estimate of drug-likeness (QED) is 0.741. The number of carbonyl (C=O) groups excluding carboxylic acids is 1. The third-order valence-electron chi connectivity index (χ3n) is 2.57. The first-order valence-electron chi connectivity index (χ1n) is 5.24. The Morgan fingerprint density at radius 1 is 1.53 bits per heavy atom. The minimum Gasteiger partial charge on any atom is -0.358 e. The van der Waals surface area contributed by atoms with Gasteiger partial charge < -0.3 is 5.32 Å². The Labute approximate surface area is 90.9 Å². The van der Waals surface area contributed by atoms with Crippen molar-refractivity contribution in [3.05, 3.63) is 0 Å². The Kier molecular flexibility index (Phi) is 4.10. The second-order valence-electron chi connectivity index (χ2n) is 3.70. The number of nitrogens with one attached hydrogen (secondary N) is 1. The maximum Gasteiger partial charge on any atom is 0.238 e. The number of hydrogen-bond donors (Lipinski definition) is 1. The van der Waals surface area contributed by atoms with Crippen molar-refractivity contribution in [3.8, 4) is 0 Å². The lowest BCUT2D eigenvalue weighted by Crippen LogP contribution is -2.45. The SMILES string of the molecule is CCCS(=O)(=O)N1CCCC1C(=O)NC. The van der Waals surface area contributed by atoms with Gasteiger partial charge in [-0.3, -0.25) is 4.79 Å². The van der Waals surface area contributed by atoms with E-state index in [4.69, 9.17) is 0 Å². The number of rotatable bonds is 4. The van der Waals surface area contributed by atoms with Gasteiger partial charge in [-0.25, -0.2) is 8.42 Å². The summed E-state index contributed by atoms with van der Waals surface area (Å²) in [6.45, 7) is 2.29. The Morgan fingerprint density at radius 3 is 2.73 bits per heavy atom. The minimum atomic E-state index is -3.24. The predicted octanol–water partition coefficient (Wildman–Crippen LogP) is -0.0634. The van der Waals surface area contributed by atoms with Crippen molar-refractivity contribution >= 4 is 15.9 Å². The molecule has 1 unspecified atom stereocenters. The van der Waals surface area contributed by atoms with Crippen molar-refractivity contribution in [3.63, 3.8) is 0 Å². The fourth-order valence-corrected chi connectivity index (χ4v) is 3.62. The van der Waals surface area contributed by atoms with Gasteiger partial charge in [-0.1, -0.05) is 6.92 Å². The topological polar surface area (TPSA) is 66.5 Å². The van der Waals surface area contributed by atoms with E-state index in [9.17, 15) is 13.2 Å². The van der Waals surface area contributed by atoms with Crippen LogP contribution in [0.3, 0.4) is 0 Å². The molecule has 1 fully saturated rings. The zero-order valence-electron chi connectivity index (χ0n) is 9.19. The Bertz CT molecular complexity index is 326. The molecule has 0 radical (unpaired) electrons. The second-order valence-corrected chi connectivity index (χ2v) is 5.74. The lowest BCUT2D eigenvalue weighted by Gasteiger charge is -2.22. The summed E-state index contributed by atoms with van der Waals surface area (Å²) in [5.41, 5.74) is 0. The molecule has 1 rings (SSSR count). The zero-order chi connectivity index (χ0) is 11.5. The van der Waals surface area contributed by atoms with Crippen LogP contribution in [-0.4, -0.2) is 44.0 Å². The largest absolute Gasteiger partial charge is 0.358 e. The normalized spacial score (nSPS) is 22.9. The molecule has 0 aromatic carbocycles. The first kappa shape index (κ1) is 12.4. The van der Waals surface area contributed by atoms with E-state index in [1.54, 1.807) is 0 Å². The molecule has 88 valence electrons. The summed E-state index contributed by atoms with van der Waals surface area (Å²) in [6.07, 6.45) is 1.98. The Morgan fingerprint density at radius 2 is 2.20 bits per heavy atom. The summed E-state index contributed by atoms with van der Waals surface area (Å²) in [7, 11) is -1.71. The van der Waals surface area contributed by atoms with Gasteiger partial charge in [0.05, 0.1) is 5.75 Å². The highest BCUT2D eigenvalue weighted by Gasteiger charge is 2.37. The maximum absolute atomic E-state index is 11.8. The molecule has 0 saturated carbocycles. The van der Waals surface area contributed by atoms with Crippen LogP contribution in [0.4, 0.5) is 0 Å². The molecular formula is C9H18N2O3S. The average Bonchev–Trinajstić information content (AvgIpc) is 2.65. The van der Waals surface area contributed by atoms with Crippen molar-refractivity contribution in [2.75, 3.05) is 19.3 Å². The second kappa shape index (κ2) is 4.94. The molecule has 1 saturated heterocycles. The van der Waals surface area contributed by atoms with Gasteiger partial charge in [-0.2, -0.15) is 4.31 Å². The van der Waals surface area contributed by atoms with Crippen molar-refractivity contribution in [1.82, 2.24) is 9.62 Å². The van der Waals surface area contributed by atoms with E-state index in [0.29, 0.717) is 19.4 Å². The van der Waals surface area contributed by atoms with Crippen LogP contribution in [0.5, 0.6) is 0 Å². The van der Waals surface area contributed by atoms with Crippen LogP contribution in [0.1, 0.15) is 26.2 Å². The third-order valence-corrected chi connectivity index (χ3v) is 4.65. The lowest BCUT2D eigenvalue weighted by molar-refractivity contribution is -0.123. The molecule has 5 nitrogen and oxygen atoms in total. The van der Waals surface area contributed by atoms with Crippen LogP contribution in [0.25, 0.3) is 0 Å². The zero-order valence-corrected chi connectivity index (χ0v) is 10.0. The van der Waals surface area contributed by atoms with E-state index >= 15 is 0 Å². The van der Waals surface area contributed by atoms with Crippen LogP contribution in [0.15, 0.2) is 0 Å². The number of carbonyl (C=O) groups is 1. The van der Waals surface area contributed by atoms with Crippen LogP contribution in [-0.2, 0) is 14.8 Å². The molecule has 1 aliphatic rings.